The second-order valence-electron chi connectivity index (χ2n) is 5.34. The van der Waals surface area contributed by atoms with Crippen LogP contribution in [0.5, 0.6) is 0 Å². The van der Waals surface area contributed by atoms with Crippen LogP contribution in [0.25, 0.3) is 0 Å². The molecule has 2 rings (SSSR count). The highest BCUT2D eigenvalue weighted by atomic mass is 15.3. The maximum atomic E-state index is 4.50. The van der Waals surface area contributed by atoms with Crippen LogP contribution in [-0.4, -0.2) is 16.8 Å². The number of nitrogens with one attached hydrogen (secondary N) is 1. The minimum atomic E-state index is 0.429. The number of rotatable bonds is 5. The van der Waals surface area contributed by atoms with Crippen molar-refractivity contribution < 1.29 is 0 Å². The fraction of sp³-hybridized carbons (Fsp3) is 0.786. The third kappa shape index (κ3) is 3.56. The Morgan fingerprint density at radius 2 is 2.18 bits per heavy atom. The van der Waals surface area contributed by atoms with E-state index in [0.717, 1.165) is 5.92 Å². The van der Waals surface area contributed by atoms with Crippen molar-refractivity contribution in [2.24, 2.45) is 13.0 Å². The summed E-state index contributed by atoms with van der Waals surface area (Å²) in [6.45, 7) is 0. The molecule has 1 aromatic heterocycles. The van der Waals surface area contributed by atoms with E-state index in [1.54, 1.807) is 0 Å². The molecule has 1 unspecified atom stereocenters. The third-order valence-electron chi connectivity index (χ3n) is 4.03. The van der Waals surface area contributed by atoms with Crippen LogP contribution in [0.1, 0.15) is 56.7 Å². The Bertz CT molecular complexity index is 326. The van der Waals surface area contributed by atoms with E-state index in [-0.39, 0.29) is 0 Å². The highest BCUT2D eigenvalue weighted by molar-refractivity contribution is 5.05. The van der Waals surface area contributed by atoms with Gasteiger partial charge >= 0.3 is 0 Å². The van der Waals surface area contributed by atoms with Gasteiger partial charge in [0.15, 0.2) is 0 Å². The predicted octanol–water partition coefficient (Wildman–Crippen LogP) is 3.04. The lowest BCUT2D eigenvalue weighted by atomic mass is 9.85. The van der Waals surface area contributed by atoms with E-state index in [1.165, 1.54) is 50.6 Å². The van der Waals surface area contributed by atoms with E-state index in [2.05, 4.69) is 16.5 Å². The van der Waals surface area contributed by atoms with Crippen molar-refractivity contribution in [3.63, 3.8) is 0 Å². The first-order chi connectivity index (χ1) is 8.29. The van der Waals surface area contributed by atoms with Gasteiger partial charge in [0.2, 0.25) is 0 Å². The van der Waals surface area contributed by atoms with Crippen LogP contribution in [0.4, 0.5) is 0 Å². The molecule has 17 heavy (non-hydrogen) atoms. The Hall–Kier alpha value is -0.830. The van der Waals surface area contributed by atoms with E-state index in [9.17, 15) is 0 Å². The molecule has 1 N–H and O–H groups in total. The number of aromatic nitrogens is 2. The zero-order valence-electron chi connectivity index (χ0n) is 11.2. The highest BCUT2D eigenvalue weighted by Gasteiger charge is 2.17. The quantitative estimate of drug-likeness (QED) is 0.850. The summed E-state index contributed by atoms with van der Waals surface area (Å²) >= 11 is 0. The third-order valence-corrected chi connectivity index (χ3v) is 4.03. The van der Waals surface area contributed by atoms with E-state index < -0.39 is 0 Å². The maximum Gasteiger partial charge on any atom is 0.0793 e. The first-order valence-corrected chi connectivity index (χ1v) is 6.96. The largest absolute Gasteiger partial charge is 0.312 e. The summed E-state index contributed by atoms with van der Waals surface area (Å²) in [6.07, 6.45) is 11.8. The average molecular weight is 235 g/mol. The van der Waals surface area contributed by atoms with Gasteiger partial charge < -0.3 is 5.32 Å². The first kappa shape index (κ1) is 12.6. The molecule has 1 heterocycles. The Balaban J connectivity index is 1.82. The van der Waals surface area contributed by atoms with Crippen molar-refractivity contribution in [2.75, 3.05) is 7.05 Å². The molecule has 1 aliphatic rings. The van der Waals surface area contributed by atoms with Gasteiger partial charge in [0.25, 0.3) is 0 Å². The summed E-state index contributed by atoms with van der Waals surface area (Å²) in [5, 5.41) is 7.90. The molecule has 3 heteroatoms. The lowest BCUT2D eigenvalue weighted by Gasteiger charge is -2.23. The van der Waals surface area contributed by atoms with Gasteiger partial charge in [-0.25, -0.2) is 0 Å². The van der Waals surface area contributed by atoms with Gasteiger partial charge in [-0.2, -0.15) is 5.10 Å². The lowest BCUT2D eigenvalue weighted by Crippen LogP contribution is -2.19. The second kappa shape index (κ2) is 6.20. The summed E-state index contributed by atoms with van der Waals surface area (Å²) in [5.74, 6) is 0.961. The van der Waals surface area contributed by atoms with Gasteiger partial charge in [-0.3, -0.25) is 4.68 Å². The highest BCUT2D eigenvalue weighted by Crippen LogP contribution is 2.29. The molecule has 3 nitrogen and oxygen atoms in total. The van der Waals surface area contributed by atoms with Gasteiger partial charge in [0.1, 0.15) is 0 Å². The summed E-state index contributed by atoms with van der Waals surface area (Å²) < 4.78 is 1.89. The summed E-state index contributed by atoms with van der Waals surface area (Å²) in [6, 6.07) is 2.56. The van der Waals surface area contributed by atoms with Crippen LogP contribution in [0.2, 0.25) is 0 Å². The number of aryl methyl sites for hydroxylation is 1. The van der Waals surface area contributed by atoms with Crippen molar-refractivity contribution in [1.29, 1.82) is 0 Å². The SMILES string of the molecule is CNC(CCC1CCCCC1)c1ccn(C)n1. The molecule has 1 saturated carbocycles. The van der Waals surface area contributed by atoms with Gasteiger partial charge in [0.05, 0.1) is 11.7 Å². The molecule has 0 spiro atoms. The second-order valence-corrected chi connectivity index (χ2v) is 5.34. The Morgan fingerprint density at radius 3 is 2.76 bits per heavy atom. The van der Waals surface area contributed by atoms with Crippen molar-refractivity contribution in [3.8, 4) is 0 Å². The molecule has 0 radical (unpaired) electrons. The fourth-order valence-electron chi connectivity index (χ4n) is 2.94. The van der Waals surface area contributed by atoms with Gasteiger partial charge in [-0.1, -0.05) is 32.1 Å². The monoisotopic (exact) mass is 235 g/mol. The minimum absolute atomic E-state index is 0.429. The normalized spacial score (nSPS) is 19.4. The smallest absolute Gasteiger partial charge is 0.0793 e. The number of hydrogen-bond acceptors (Lipinski definition) is 2. The molecule has 0 aliphatic heterocycles. The number of nitrogens with zero attached hydrogens (tertiary/aromatic N) is 2. The van der Waals surface area contributed by atoms with E-state index in [1.807, 2.05) is 25.0 Å². The number of hydrogen-bond donors (Lipinski definition) is 1. The molecule has 1 atom stereocenters. The van der Waals surface area contributed by atoms with Crippen LogP contribution in [-0.2, 0) is 7.05 Å². The Kier molecular flexibility index (Phi) is 4.60. The zero-order chi connectivity index (χ0) is 12.1. The van der Waals surface area contributed by atoms with E-state index in [4.69, 9.17) is 0 Å². The molecule has 1 fully saturated rings. The molecule has 1 aliphatic carbocycles. The molecule has 0 saturated heterocycles. The molecule has 1 aromatic rings. The lowest BCUT2D eigenvalue weighted by molar-refractivity contribution is 0.316. The van der Waals surface area contributed by atoms with Crippen LogP contribution in [0, 0.1) is 5.92 Å². The molecule has 0 bridgehead atoms. The van der Waals surface area contributed by atoms with E-state index in [0.29, 0.717) is 6.04 Å². The van der Waals surface area contributed by atoms with Crippen LogP contribution in [0.15, 0.2) is 12.3 Å². The van der Waals surface area contributed by atoms with Gasteiger partial charge in [-0.05, 0) is 31.9 Å². The van der Waals surface area contributed by atoms with Crippen molar-refractivity contribution in [2.45, 2.75) is 51.0 Å². The minimum Gasteiger partial charge on any atom is -0.312 e. The fourth-order valence-corrected chi connectivity index (χ4v) is 2.94. The first-order valence-electron chi connectivity index (χ1n) is 6.96. The zero-order valence-corrected chi connectivity index (χ0v) is 11.2. The van der Waals surface area contributed by atoms with Gasteiger partial charge in [-0.15, -0.1) is 0 Å². The van der Waals surface area contributed by atoms with Crippen LogP contribution >= 0.6 is 0 Å². The molecule has 0 aromatic carbocycles. The Morgan fingerprint density at radius 1 is 1.41 bits per heavy atom. The standard InChI is InChI=1S/C14H25N3/c1-15-13(14-10-11-17(2)16-14)9-8-12-6-4-3-5-7-12/h10-13,15H,3-9H2,1-2H3. The van der Waals surface area contributed by atoms with Crippen molar-refractivity contribution in [3.05, 3.63) is 18.0 Å². The molecule has 96 valence electrons. The maximum absolute atomic E-state index is 4.50. The molecular formula is C14H25N3. The molecule has 0 amide bonds. The van der Waals surface area contributed by atoms with Gasteiger partial charge in [0, 0.05) is 13.2 Å². The van der Waals surface area contributed by atoms with Crippen LogP contribution < -0.4 is 5.32 Å². The summed E-state index contributed by atoms with van der Waals surface area (Å²) in [4.78, 5) is 0. The van der Waals surface area contributed by atoms with Crippen molar-refractivity contribution in [1.82, 2.24) is 15.1 Å². The molecular weight excluding hydrogens is 210 g/mol. The topological polar surface area (TPSA) is 29.9 Å². The van der Waals surface area contributed by atoms with Crippen LogP contribution in [0.3, 0.4) is 0 Å². The van der Waals surface area contributed by atoms with E-state index >= 15 is 0 Å². The Labute approximate surface area is 105 Å². The van der Waals surface area contributed by atoms with Crippen molar-refractivity contribution >= 4 is 0 Å². The summed E-state index contributed by atoms with van der Waals surface area (Å²) in [5.41, 5.74) is 1.19. The average Bonchev–Trinajstić information content (AvgIpc) is 2.78. The summed E-state index contributed by atoms with van der Waals surface area (Å²) in [7, 11) is 4.03. The predicted molar refractivity (Wildman–Crippen MR) is 70.8 cm³/mol.